The fraction of sp³-hybridized carbons (Fsp3) is 0.0588. The number of nitrogens with zero attached hydrogens (tertiary/aromatic N) is 1. The highest BCUT2D eigenvalue weighted by Crippen LogP contribution is 2.37. The summed E-state index contributed by atoms with van der Waals surface area (Å²) in [5.74, 6) is 0.403. The molecule has 0 aliphatic carbocycles. The molecular weight excluding hydrogens is 389 g/mol. The lowest BCUT2D eigenvalue weighted by atomic mass is 10.1. The monoisotopic (exact) mass is 397 g/mol. The maximum Gasteiger partial charge on any atom is 0.230 e. The molecule has 0 atom stereocenters. The molecular formula is C17H10Cl3NO2S. The van der Waals surface area contributed by atoms with Gasteiger partial charge in [0.2, 0.25) is 5.12 Å². The predicted octanol–water partition coefficient (Wildman–Crippen LogP) is 6.54. The van der Waals surface area contributed by atoms with Crippen LogP contribution in [0.4, 0.5) is 0 Å². The van der Waals surface area contributed by atoms with Gasteiger partial charge in [0.15, 0.2) is 5.76 Å². The maximum absolute atomic E-state index is 12.8. The maximum atomic E-state index is 12.8. The number of carbonyl (C=O) groups is 1. The molecule has 3 aromatic rings. The summed E-state index contributed by atoms with van der Waals surface area (Å²) in [5.41, 5.74) is 1.63. The number of benzene rings is 2. The van der Waals surface area contributed by atoms with Crippen molar-refractivity contribution in [3.05, 3.63) is 68.8 Å². The van der Waals surface area contributed by atoms with Crippen LogP contribution in [0.15, 0.2) is 51.9 Å². The van der Waals surface area contributed by atoms with Crippen molar-refractivity contribution in [3.63, 3.8) is 0 Å². The van der Waals surface area contributed by atoms with Gasteiger partial charge in [0.05, 0.1) is 21.3 Å². The molecule has 0 fully saturated rings. The first-order valence-electron chi connectivity index (χ1n) is 6.86. The van der Waals surface area contributed by atoms with Gasteiger partial charge in [-0.15, -0.1) is 0 Å². The van der Waals surface area contributed by atoms with Gasteiger partial charge in [-0.2, -0.15) is 0 Å². The largest absolute Gasteiger partial charge is 0.355 e. The van der Waals surface area contributed by atoms with E-state index in [0.29, 0.717) is 37.0 Å². The van der Waals surface area contributed by atoms with Gasteiger partial charge in [-0.3, -0.25) is 4.79 Å². The molecule has 24 heavy (non-hydrogen) atoms. The van der Waals surface area contributed by atoms with Crippen molar-refractivity contribution in [1.29, 1.82) is 0 Å². The Labute approximate surface area is 157 Å². The van der Waals surface area contributed by atoms with Gasteiger partial charge >= 0.3 is 0 Å². The summed E-state index contributed by atoms with van der Waals surface area (Å²) in [4.78, 5) is 13.3. The van der Waals surface area contributed by atoms with E-state index in [-0.39, 0.29) is 5.12 Å². The first kappa shape index (κ1) is 17.4. The van der Waals surface area contributed by atoms with Crippen LogP contribution in [0.1, 0.15) is 16.1 Å². The Kier molecular flexibility index (Phi) is 5.21. The van der Waals surface area contributed by atoms with E-state index in [1.165, 1.54) is 0 Å². The molecule has 7 heteroatoms. The zero-order valence-corrected chi connectivity index (χ0v) is 15.4. The summed E-state index contributed by atoms with van der Waals surface area (Å²) >= 11 is 19.0. The predicted molar refractivity (Wildman–Crippen MR) is 98.3 cm³/mol. The molecule has 0 aliphatic heterocycles. The molecule has 0 saturated heterocycles. The molecule has 122 valence electrons. The number of carbonyl (C=O) groups excluding carboxylic acids is 1. The quantitative estimate of drug-likeness (QED) is 0.470. The van der Waals surface area contributed by atoms with Gasteiger partial charge in [0.1, 0.15) is 0 Å². The van der Waals surface area contributed by atoms with E-state index >= 15 is 0 Å². The van der Waals surface area contributed by atoms with Crippen LogP contribution in [0.2, 0.25) is 15.1 Å². The minimum absolute atomic E-state index is 0.220. The Morgan fingerprint density at radius 2 is 1.79 bits per heavy atom. The fourth-order valence-electron chi connectivity index (χ4n) is 2.12. The van der Waals surface area contributed by atoms with Crippen molar-refractivity contribution in [3.8, 4) is 11.3 Å². The molecule has 3 rings (SSSR count). The van der Waals surface area contributed by atoms with Crippen molar-refractivity contribution in [2.45, 2.75) is 11.8 Å². The number of rotatable bonds is 3. The molecule has 1 heterocycles. The highest BCUT2D eigenvalue weighted by Gasteiger charge is 2.23. The molecule has 0 saturated carbocycles. The van der Waals surface area contributed by atoms with Gasteiger partial charge in [-0.25, -0.2) is 0 Å². The Bertz CT molecular complexity index is 907. The van der Waals surface area contributed by atoms with Crippen molar-refractivity contribution >= 4 is 51.7 Å². The third kappa shape index (κ3) is 3.47. The minimum Gasteiger partial charge on any atom is -0.355 e. The highest BCUT2D eigenvalue weighted by molar-refractivity contribution is 8.14. The summed E-state index contributed by atoms with van der Waals surface area (Å²) in [6, 6.07) is 12.1. The minimum atomic E-state index is -0.220. The molecule has 0 N–H and O–H groups in total. The zero-order chi connectivity index (χ0) is 17.3. The van der Waals surface area contributed by atoms with Crippen LogP contribution in [0.25, 0.3) is 11.3 Å². The van der Waals surface area contributed by atoms with Crippen LogP contribution in [-0.2, 0) is 0 Å². The van der Waals surface area contributed by atoms with Gasteiger partial charge in [0, 0.05) is 15.5 Å². The van der Waals surface area contributed by atoms with Gasteiger partial charge in [0.25, 0.3) is 0 Å². The van der Waals surface area contributed by atoms with E-state index < -0.39 is 0 Å². The average Bonchev–Trinajstić information content (AvgIpc) is 2.94. The second-order valence-electron chi connectivity index (χ2n) is 4.92. The van der Waals surface area contributed by atoms with Gasteiger partial charge in [-0.1, -0.05) is 46.0 Å². The van der Waals surface area contributed by atoms with Crippen LogP contribution < -0.4 is 0 Å². The Morgan fingerprint density at radius 1 is 1.08 bits per heavy atom. The average molecular weight is 399 g/mol. The summed E-state index contributed by atoms with van der Waals surface area (Å²) < 4.78 is 5.35. The molecule has 0 amide bonds. The molecule has 0 unspecified atom stereocenters. The molecule has 3 nitrogen and oxygen atoms in total. The van der Waals surface area contributed by atoms with Crippen molar-refractivity contribution < 1.29 is 9.32 Å². The molecule has 0 aliphatic rings. The lowest BCUT2D eigenvalue weighted by Crippen LogP contribution is -1.97. The zero-order valence-electron chi connectivity index (χ0n) is 12.3. The third-order valence-corrected chi connectivity index (χ3v) is 5.42. The third-order valence-electron chi connectivity index (χ3n) is 3.29. The fourth-order valence-corrected chi connectivity index (χ4v) is 3.61. The van der Waals surface area contributed by atoms with Crippen LogP contribution >= 0.6 is 46.6 Å². The summed E-state index contributed by atoms with van der Waals surface area (Å²) in [7, 11) is 0. The number of hydrogen-bond donors (Lipinski definition) is 0. The number of aryl methyl sites for hydroxylation is 1. The number of hydrogen-bond acceptors (Lipinski definition) is 4. The van der Waals surface area contributed by atoms with E-state index in [9.17, 15) is 4.79 Å². The Hall–Kier alpha value is -1.46. The summed E-state index contributed by atoms with van der Waals surface area (Å²) in [5, 5.41) is 5.04. The molecule has 1 aromatic heterocycles. The second-order valence-corrected chi connectivity index (χ2v) is 7.16. The highest BCUT2D eigenvalue weighted by atomic mass is 35.5. The van der Waals surface area contributed by atoms with Gasteiger partial charge in [-0.05, 0) is 55.1 Å². The van der Waals surface area contributed by atoms with E-state index in [1.807, 2.05) is 0 Å². The first-order chi connectivity index (χ1) is 11.5. The van der Waals surface area contributed by atoms with Crippen LogP contribution in [0.5, 0.6) is 0 Å². The molecule has 0 radical (unpaired) electrons. The lowest BCUT2D eigenvalue weighted by molar-refractivity contribution is 0.108. The summed E-state index contributed by atoms with van der Waals surface area (Å²) in [6.07, 6.45) is 0. The SMILES string of the molecule is Cc1noc(-c2ccc(Cl)cc2)c1C(=O)Sc1cccc(Cl)c1Cl. The van der Waals surface area contributed by atoms with Crippen LogP contribution in [0.3, 0.4) is 0 Å². The van der Waals surface area contributed by atoms with Crippen LogP contribution in [0, 0.1) is 6.92 Å². The number of aromatic nitrogens is 1. The topological polar surface area (TPSA) is 43.1 Å². The first-order valence-corrected chi connectivity index (χ1v) is 8.81. The standard InChI is InChI=1S/C17H10Cl3NO2S/c1-9-14(16(23-21-9)10-5-7-11(18)8-6-10)17(22)24-13-4-2-3-12(19)15(13)20/h2-8H,1H3. The lowest BCUT2D eigenvalue weighted by Gasteiger charge is -2.05. The van der Waals surface area contributed by atoms with Crippen molar-refractivity contribution in [2.24, 2.45) is 0 Å². The number of thioether (sulfide) groups is 1. The Balaban J connectivity index is 1.97. The van der Waals surface area contributed by atoms with Crippen molar-refractivity contribution in [1.82, 2.24) is 5.16 Å². The summed E-state index contributed by atoms with van der Waals surface area (Å²) in [6.45, 7) is 1.72. The normalized spacial score (nSPS) is 10.8. The molecule has 0 bridgehead atoms. The van der Waals surface area contributed by atoms with E-state index in [0.717, 1.165) is 17.3 Å². The van der Waals surface area contributed by atoms with Crippen LogP contribution in [-0.4, -0.2) is 10.3 Å². The van der Waals surface area contributed by atoms with Gasteiger partial charge < -0.3 is 4.52 Å². The van der Waals surface area contributed by atoms with Crippen molar-refractivity contribution in [2.75, 3.05) is 0 Å². The number of halogens is 3. The van der Waals surface area contributed by atoms with E-state index in [4.69, 9.17) is 39.3 Å². The van der Waals surface area contributed by atoms with E-state index in [2.05, 4.69) is 5.16 Å². The molecule has 2 aromatic carbocycles. The van der Waals surface area contributed by atoms with E-state index in [1.54, 1.807) is 49.4 Å². The Morgan fingerprint density at radius 3 is 2.50 bits per heavy atom. The second kappa shape index (κ2) is 7.19. The smallest absolute Gasteiger partial charge is 0.230 e. The molecule has 0 spiro atoms.